The first-order valence-corrected chi connectivity index (χ1v) is 7.35. The maximum atomic E-state index is 12.8. The Kier molecular flexibility index (Phi) is 5.63. The van der Waals surface area contributed by atoms with Gasteiger partial charge in [-0.15, -0.1) is 0 Å². The number of nitrogens with zero attached hydrogens (tertiary/aromatic N) is 1. The van der Waals surface area contributed by atoms with E-state index in [4.69, 9.17) is 26.2 Å². The number of halogens is 1. The Bertz CT molecular complexity index is 557. The minimum Gasteiger partial charge on any atom is -0.494 e. The smallest absolute Gasteiger partial charge is 0.323 e. The van der Waals surface area contributed by atoms with E-state index >= 15 is 0 Å². The molecule has 1 heterocycles. The van der Waals surface area contributed by atoms with Gasteiger partial charge in [-0.3, -0.25) is 9.59 Å². The molecule has 7 heteroatoms. The average Bonchev–Trinajstić information content (AvgIpc) is 2.52. The molecule has 0 atom stereocenters. The number of aliphatic carboxylic acids is 1. The molecule has 6 nitrogen and oxygen atoms in total. The van der Waals surface area contributed by atoms with Crippen molar-refractivity contribution in [1.82, 2.24) is 4.90 Å². The number of methoxy groups -OCH3 is 1. The summed E-state index contributed by atoms with van der Waals surface area (Å²) in [7, 11) is 1.42. The second kappa shape index (κ2) is 7.47. The van der Waals surface area contributed by atoms with Crippen LogP contribution in [0.15, 0.2) is 18.2 Å². The van der Waals surface area contributed by atoms with E-state index in [1.807, 2.05) is 0 Å². The van der Waals surface area contributed by atoms with E-state index in [0.29, 0.717) is 31.1 Å². The number of benzene rings is 1. The van der Waals surface area contributed by atoms with Gasteiger partial charge in [0.25, 0.3) is 5.91 Å². The largest absolute Gasteiger partial charge is 0.494 e. The zero-order valence-corrected chi connectivity index (χ0v) is 13.0. The summed E-state index contributed by atoms with van der Waals surface area (Å²) in [4.78, 5) is 25.3. The van der Waals surface area contributed by atoms with E-state index < -0.39 is 11.9 Å². The van der Waals surface area contributed by atoms with Crippen molar-refractivity contribution < 1.29 is 24.2 Å². The molecular weight excluding hydrogens is 310 g/mol. The van der Waals surface area contributed by atoms with E-state index in [-0.39, 0.29) is 23.9 Å². The maximum absolute atomic E-state index is 12.8. The molecule has 1 aromatic carbocycles. The molecule has 22 heavy (non-hydrogen) atoms. The van der Waals surface area contributed by atoms with Crippen molar-refractivity contribution >= 4 is 23.5 Å². The summed E-state index contributed by atoms with van der Waals surface area (Å²) in [6, 6.07) is 4.68. The van der Waals surface area contributed by atoms with Crippen LogP contribution in [0.1, 0.15) is 23.2 Å². The third-order valence-corrected chi connectivity index (χ3v) is 3.90. The molecule has 0 radical (unpaired) electrons. The van der Waals surface area contributed by atoms with Crippen LogP contribution in [0, 0.1) is 0 Å². The zero-order chi connectivity index (χ0) is 16.1. The van der Waals surface area contributed by atoms with E-state index in [9.17, 15) is 9.59 Å². The third kappa shape index (κ3) is 3.69. The molecular formula is C15H18ClNO5. The summed E-state index contributed by atoms with van der Waals surface area (Å²) >= 11 is 6.04. The topological polar surface area (TPSA) is 76.1 Å². The normalized spacial score (nSPS) is 15.4. The van der Waals surface area contributed by atoms with Crippen LogP contribution >= 0.6 is 11.6 Å². The Morgan fingerprint density at radius 1 is 1.41 bits per heavy atom. The highest BCUT2D eigenvalue weighted by Gasteiger charge is 2.30. The Hall–Kier alpha value is -1.79. The van der Waals surface area contributed by atoms with Gasteiger partial charge >= 0.3 is 5.97 Å². The third-order valence-electron chi connectivity index (χ3n) is 3.60. The summed E-state index contributed by atoms with van der Waals surface area (Å²) in [5.41, 5.74) is 0.266. The van der Waals surface area contributed by atoms with E-state index in [2.05, 4.69) is 0 Å². The molecule has 1 aliphatic heterocycles. The van der Waals surface area contributed by atoms with Gasteiger partial charge in [0.1, 0.15) is 12.3 Å². The number of hydrogen-bond donors (Lipinski definition) is 1. The Morgan fingerprint density at radius 3 is 2.68 bits per heavy atom. The monoisotopic (exact) mass is 327 g/mol. The van der Waals surface area contributed by atoms with Crippen LogP contribution in [0.2, 0.25) is 5.02 Å². The molecule has 1 amide bonds. The minimum atomic E-state index is -1.05. The van der Waals surface area contributed by atoms with Crippen molar-refractivity contribution in [1.29, 1.82) is 0 Å². The average molecular weight is 328 g/mol. The molecule has 0 saturated carbocycles. The van der Waals surface area contributed by atoms with Crippen LogP contribution in [-0.4, -0.2) is 54.8 Å². The fraction of sp³-hybridized carbons (Fsp3) is 0.467. The van der Waals surface area contributed by atoms with Gasteiger partial charge in [0.15, 0.2) is 0 Å². The SMILES string of the molecule is COc1c(Cl)cccc1C(=O)N(CC(=O)O)C1CCOCC1. The van der Waals surface area contributed by atoms with Gasteiger partial charge in [0.05, 0.1) is 17.7 Å². The van der Waals surface area contributed by atoms with Crippen molar-refractivity contribution in [2.75, 3.05) is 26.9 Å². The molecule has 1 aromatic rings. The lowest BCUT2D eigenvalue weighted by Gasteiger charge is -2.33. The lowest BCUT2D eigenvalue weighted by molar-refractivity contribution is -0.138. The van der Waals surface area contributed by atoms with Crippen LogP contribution in [0.5, 0.6) is 5.75 Å². The molecule has 2 rings (SSSR count). The van der Waals surface area contributed by atoms with Gasteiger partial charge in [-0.2, -0.15) is 0 Å². The molecule has 1 aliphatic rings. The quantitative estimate of drug-likeness (QED) is 0.895. The Labute approximate surface area is 133 Å². The number of amides is 1. The van der Waals surface area contributed by atoms with Crippen molar-refractivity contribution in [3.8, 4) is 5.75 Å². The fourth-order valence-corrected chi connectivity index (χ4v) is 2.80. The zero-order valence-electron chi connectivity index (χ0n) is 12.3. The van der Waals surface area contributed by atoms with E-state index in [0.717, 1.165) is 0 Å². The van der Waals surface area contributed by atoms with Crippen LogP contribution in [0.4, 0.5) is 0 Å². The van der Waals surface area contributed by atoms with Gasteiger partial charge in [-0.05, 0) is 25.0 Å². The molecule has 1 saturated heterocycles. The minimum absolute atomic E-state index is 0.166. The first-order chi connectivity index (χ1) is 10.5. The van der Waals surface area contributed by atoms with E-state index in [1.54, 1.807) is 18.2 Å². The summed E-state index contributed by atoms with van der Waals surface area (Å²) in [6.45, 7) is 0.667. The van der Waals surface area contributed by atoms with Crippen LogP contribution in [-0.2, 0) is 9.53 Å². The molecule has 0 spiro atoms. The lowest BCUT2D eigenvalue weighted by atomic mass is 10.0. The van der Waals surface area contributed by atoms with Crippen LogP contribution in [0.3, 0.4) is 0 Å². The molecule has 1 fully saturated rings. The van der Waals surface area contributed by atoms with Gasteiger partial charge in [0, 0.05) is 19.3 Å². The number of para-hydroxylation sites is 1. The number of hydrogen-bond acceptors (Lipinski definition) is 4. The second-order valence-electron chi connectivity index (χ2n) is 4.99. The van der Waals surface area contributed by atoms with Gasteiger partial charge in [-0.1, -0.05) is 17.7 Å². The molecule has 0 bridgehead atoms. The lowest BCUT2D eigenvalue weighted by Crippen LogP contribution is -2.46. The summed E-state index contributed by atoms with van der Waals surface area (Å²) < 4.78 is 10.5. The second-order valence-corrected chi connectivity index (χ2v) is 5.40. The van der Waals surface area contributed by atoms with Crippen molar-refractivity contribution in [2.45, 2.75) is 18.9 Å². The molecule has 0 aromatic heterocycles. The highest BCUT2D eigenvalue weighted by molar-refractivity contribution is 6.32. The predicted octanol–water partition coefficient (Wildman–Crippen LogP) is 2.05. The van der Waals surface area contributed by atoms with Crippen molar-refractivity contribution in [2.24, 2.45) is 0 Å². The fourth-order valence-electron chi connectivity index (χ4n) is 2.55. The number of ether oxygens (including phenoxy) is 2. The first kappa shape index (κ1) is 16.6. The van der Waals surface area contributed by atoms with E-state index in [1.165, 1.54) is 12.0 Å². The van der Waals surface area contributed by atoms with Crippen LogP contribution < -0.4 is 4.74 Å². The highest BCUT2D eigenvalue weighted by Crippen LogP contribution is 2.30. The predicted molar refractivity (Wildman–Crippen MR) is 80.5 cm³/mol. The number of carbonyl (C=O) groups excluding carboxylic acids is 1. The van der Waals surface area contributed by atoms with Crippen molar-refractivity contribution in [3.05, 3.63) is 28.8 Å². The number of carboxylic acids is 1. The van der Waals surface area contributed by atoms with Gasteiger partial charge in [-0.25, -0.2) is 0 Å². The molecule has 120 valence electrons. The van der Waals surface area contributed by atoms with Crippen LogP contribution in [0.25, 0.3) is 0 Å². The Morgan fingerprint density at radius 2 is 2.09 bits per heavy atom. The summed E-state index contributed by atoms with van der Waals surface area (Å²) in [5, 5.41) is 9.42. The van der Waals surface area contributed by atoms with Gasteiger partial charge in [0.2, 0.25) is 0 Å². The summed E-state index contributed by atoms with van der Waals surface area (Å²) in [6.07, 6.45) is 1.23. The van der Waals surface area contributed by atoms with Gasteiger partial charge < -0.3 is 19.5 Å². The summed E-state index contributed by atoms with van der Waals surface area (Å²) in [5.74, 6) is -1.19. The molecule has 0 unspecified atom stereocenters. The molecule has 0 aliphatic carbocycles. The number of carboxylic acid groups (broad SMARTS) is 1. The number of rotatable bonds is 5. The first-order valence-electron chi connectivity index (χ1n) is 6.97. The molecule has 1 N–H and O–H groups in total. The number of carbonyl (C=O) groups is 2. The standard InChI is InChI=1S/C15H18ClNO5/c1-21-14-11(3-2-4-12(14)16)15(20)17(9-13(18)19)10-5-7-22-8-6-10/h2-4,10H,5-9H2,1H3,(H,18,19). The maximum Gasteiger partial charge on any atom is 0.323 e. The Balaban J connectivity index is 2.32. The van der Waals surface area contributed by atoms with Crippen molar-refractivity contribution in [3.63, 3.8) is 0 Å². The highest BCUT2D eigenvalue weighted by atomic mass is 35.5.